The Labute approximate surface area is 101 Å². The summed E-state index contributed by atoms with van der Waals surface area (Å²) in [6, 6.07) is 0. The van der Waals surface area contributed by atoms with Gasteiger partial charge < -0.3 is 23.7 Å². The van der Waals surface area contributed by atoms with Gasteiger partial charge in [-0.1, -0.05) is 0 Å². The first-order chi connectivity index (χ1) is 8.13. The molecule has 0 spiro atoms. The molecule has 0 aliphatic carbocycles. The third kappa shape index (κ3) is 3.64. The van der Waals surface area contributed by atoms with E-state index in [1.54, 1.807) is 21.3 Å². The third-order valence-corrected chi connectivity index (χ3v) is 2.73. The second kappa shape index (κ2) is 6.90. The summed E-state index contributed by atoms with van der Waals surface area (Å²) in [5.74, 6) is -0.340. The van der Waals surface area contributed by atoms with E-state index in [1.165, 1.54) is 6.92 Å². The summed E-state index contributed by atoms with van der Waals surface area (Å²) in [4.78, 5) is 10.8. The Bertz CT molecular complexity index is 244. The summed E-state index contributed by atoms with van der Waals surface area (Å²) >= 11 is 0. The average Bonchev–Trinajstić information content (AvgIpc) is 2.63. The maximum Gasteiger partial charge on any atom is 0.302 e. The normalized spacial score (nSPS) is 32.7. The van der Waals surface area contributed by atoms with Crippen LogP contribution >= 0.6 is 0 Å². The van der Waals surface area contributed by atoms with Crippen molar-refractivity contribution in [3.63, 3.8) is 0 Å². The zero-order chi connectivity index (χ0) is 12.8. The second-order valence-corrected chi connectivity index (χ2v) is 3.87. The van der Waals surface area contributed by atoms with Gasteiger partial charge in [-0.3, -0.25) is 4.79 Å². The van der Waals surface area contributed by atoms with Crippen LogP contribution in [0.1, 0.15) is 6.92 Å². The van der Waals surface area contributed by atoms with Gasteiger partial charge in [0.15, 0.2) is 0 Å². The van der Waals surface area contributed by atoms with E-state index < -0.39 is 0 Å². The molecule has 0 aromatic carbocycles. The van der Waals surface area contributed by atoms with E-state index in [0.717, 1.165) is 0 Å². The van der Waals surface area contributed by atoms with Crippen molar-refractivity contribution in [2.75, 3.05) is 34.5 Å². The molecule has 0 unspecified atom stereocenters. The predicted molar refractivity (Wildman–Crippen MR) is 58.8 cm³/mol. The molecule has 1 aliphatic heterocycles. The van der Waals surface area contributed by atoms with Crippen LogP contribution in [-0.2, 0) is 28.5 Å². The molecule has 17 heavy (non-hydrogen) atoms. The lowest BCUT2D eigenvalue weighted by Gasteiger charge is -2.21. The Hall–Kier alpha value is -0.690. The van der Waals surface area contributed by atoms with Crippen LogP contribution in [0, 0.1) is 0 Å². The molecule has 0 aromatic rings. The molecule has 100 valence electrons. The zero-order valence-corrected chi connectivity index (χ0v) is 10.7. The molecule has 0 bridgehead atoms. The van der Waals surface area contributed by atoms with Gasteiger partial charge in [-0.05, 0) is 0 Å². The number of esters is 1. The van der Waals surface area contributed by atoms with E-state index in [1.807, 2.05) is 0 Å². The molecule has 1 heterocycles. The zero-order valence-electron chi connectivity index (χ0n) is 10.7. The molecular formula is C11H20O6. The van der Waals surface area contributed by atoms with Gasteiger partial charge in [-0.2, -0.15) is 0 Å². The Morgan fingerprint density at radius 1 is 1.06 bits per heavy atom. The third-order valence-electron chi connectivity index (χ3n) is 2.73. The average molecular weight is 248 g/mol. The SMILES string of the molecule is COC[C@@H]1O[C@H](COC(C)=O)[C@@H](OC)[C@@H]1OC. The van der Waals surface area contributed by atoms with Crippen LogP contribution in [0.15, 0.2) is 0 Å². The molecule has 1 rings (SSSR count). The first-order valence-corrected chi connectivity index (χ1v) is 5.47. The number of carbonyl (C=O) groups excluding carboxylic acids is 1. The van der Waals surface area contributed by atoms with E-state index in [4.69, 9.17) is 23.7 Å². The van der Waals surface area contributed by atoms with Gasteiger partial charge in [-0.25, -0.2) is 0 Å². The number of hydrogen-bond acceptors (Lipinski definition) is 6. The van der Waals surface area contributed by atoms with E-state index in [-0.39, 0.29) is 37.0 Å². The molecule has 0 amide bonds. The topological polar surface area (TPSA) is 63.2 Å². The van der Waals surface area contributed by atoms with Crippen molar-refractivity contribution in [3.8, 4) is 0 Å². The first-order valence-electron chi connectivity index (χ1n) is 5.47. The largest absolute Gasteiger partial charge is 0.463 e. The van der Waals surface area contributed by atoms with Gasteiger partial charge in [0.25, 0.3) is 0 Å². The van der Waals surface area contributed by atoms with Crippen molar-refractivity contribution < 1.29 is 28.5 Å². The standard InChI is InChI=1S/C11H20O6/c1-7(12)16-6-9-11(15-4)10(14-3)8(17-9)5-13-2/h8-11H,5-6H2,1-4H3/t8-,9+,10+,11+/m0/s1. The minimum Gasteiger partial charge on any atom is -0.463 e. The summed E-state index contributed by atoms with van der Waals surface area (Å²) in [5, 5.41) is 0. The highest BCUT2D eigenvalue weighted by molar-refractivity contribution is 5.65. The maximum absolute atomic E-state index is 10.8. The highest BCUT2D eigenvalue weighted by Gasteiger charge is 2.45. The van der Waals surface area contributed by atoms with E-state index in [0.29, 0.717) is 6.61 Å². The van der Waals surface area contributed by atoms with Crippen molar-refractivity contribution in [2.45, 2.75) is 31.3 Å². The molecule has 0 saturated carbocycles. The van der Waals surface area contributed by atoms with Crippen LogP contribution in [0.5, 0.6) is 0 Å². The Morgan fingerprint density at radius 2 is 1.59 bits per heavy atom. The molecule has 1 aliphatic rings. The molecule has 1 saturated heterocycles. The van der Waals surface area contributed by atoms with Crippen molar-refractivity contribution >= 4 is 5.97 Å². The molecule has 6 nitrogen and oxygen atoms in total. The molecular weight excluding hydrogens is 228 g/mol. The fourth-order valence-corrected chi connectivity index (χ4v) is 2.01. The quantitative estimate of drug-likeness (QED) is 0.616. The molecule has 4 atom stereocenters. The predicted octanol–water partition coefficient (Wildman–Crippen LogP) is -0.00670. The molecule has 0 aromatic heterocycles. The highest BCUT2D eigenvalue weighted by Crippen LogP contribution is 2.26. The van der Waals surface area contributed by atoms with Crippen LogP contribution in [-0.4, -0.2) is 64.9 Å². The van der Waals surface area contributed by atoms with E-state index >= 15 is 0 Å². The van der Waals surface area contributed by atoms with Crippen LogP contribution in [0.2, 0.25) is 0 Å². The van der Waals surface area contributed by atoms with Crippen LogP contribution in [0.25, 0.3) is 0 Å². The van der Waals surface area contributed by atoms with Gasteiger partial charge in [0.1, 0.15) is 31.0 Å². The highest BCUT2D eigenvalue weighted by atomic mass is 16.6. The summed E-state index contributed by atoms with van der Waals surface area (Å²) in [7, 11) is 4.77. The minimum absolute atomic E-state index is 0.161. The second-order valence-electron chi connectivity index (χ2n) is 3.87. The van der Waals surface area contributed by atoms with Gasteiger partial charge in [0, 0.05) is 28.3 Å². The molecule has 0 N–H and O–H groups in total. The number of rotatable bonds is 6. The van der Waals surface area contributed by atoms with E-state index in [2.05, 4.69) is 0 Å². The van der Waals surface area contributed by atoms with Crippen molar-refractivity contribution in [1.82, 2.24) is 0 Å². The fourth-order valence-electron chi connectivity index (χ4n) is 2.01. The van der Waals surface area contributed by atoms with E-state index in [9.17, 15) is 4.79 Å². The van der Waals surface area contributed by atoms with Gasteiger partial charge in [0.2, 0.25) is 0 Å². The van der Waals surface area contributed by atoms with Crippen LogP contribution in [0.4, 0.5) is 0 Å². The van der Waals surface area contributed by atoms with Gasteiger partial charge >= 0.3 is 5.97 Å². The Morgan fingerprint density at radius 3 is 2.00 bits per heavy atom. The van der Waals surface area contributed by atoms with Crippen molar-refractivity contribution in [2.24, 2.45) is 0 Å². The lowest BCUT2D eigenvalue weighted by Crippen LogP contribution is -2.38. The smallest absolute Gasteiger partial charge is 0.302 e. The Balaban J connectivity index is 2.61. The number of carbonyl (C=O) groups is 1. The first kappa shape index (κ1) is 14.4. The molecule has 6 heteroatoms. The van der Waals surface area contributed by atoms with Gasteiger partial charge in [-0.15, -0.1) is 0 Å². The number of hydrogen-bond donors (Lipinski definition) is 0. The Kier molecular flexibility index (Phi) is 5.84. The summed E-state index contributed by atoms with van der Waals surface area (Å²) in [6.45, 7) is 1.93. The minimum atomic E-state index is -0.340. The lowest BCUT2D eigenvalue weighted by atomic mass is 10.1. The van der Waals surface area contributed by atoms with Gasteiger partial charge in [0.05, 0.1) is 6.61 Å². The summed E-state index contributed by atoms with van der Waals surface area (Å²) < 4.78 is 26.4. The van der Waals surface area contributed by atoms with Crippen LogP contribution in [0.3, 0.4) is 0 Å². The van der Waals surface area contributed by atoms with Crippen molar-refractivity contribution in [1.29, 1.82) is 0 Å². The monoisotopic (exact) mass is 248 g/mol. The lowest BCUT2D eigenvalue weighted by molar-refractivity contribution is -0.147. The fraction of sp³-hybridized carbons (Fsp3) is 0.909. The number of methoxy groups -OCH3 is 3. The number of ether oxygens (including phenoxy) is 5. The van der Waals surface area contributed by atoms with Crippen LogP contribution < -0.4 is 0 Å². The molecule has 1 fully saturated rings. The summed E-state index contributed by atoms with van der Waals surface area (Å²) in [6.07, 6.45) is -1.02. The summed E-state index contributed by atoms with van der Waals surface area (Å²) in [5.41, 5.74) is 0. The molecule has 0 radical (unpaired) electrons. The van der Waals surface area contributed by atoms with Crippen molar-refractivity contribution in [3.05, 3.63) is 0 Å². The maximum atomic E-state index is 10.8.